The molecule has 0 aromatic heterocycles. The molecule has 1 atom stereocenters. The van der Waals surface area contributed by atoms with Crippen LogP contribution in [0.15, 0.2) is 18.2 Å². The quantitative estimate of drug-likeness (QED) is 0.802. The molecule has 1 aromatic carbocycles. The van der Waals surface area contributed by atoms with E-state index in [0.29, 0.717) is 0 Å². The number of ether oxygens (including phenoxy) is 2. The molecule has 2 heterocycles. The van der Waals surface area contributed by atoms with Crippen LogP contribution < -0.4 is 9.47 Å². The van der Waals surface area contributed by atoms with E-state index in [4.69, 9.17) is 14.3 Å². The van der Waals surface area contributed by atoms with Crippen molar-refractivity contribution in [3.63, 3.8) is 0 Å². The zero-order valence-electron chi connectivity index (χ0n) is 10.9. The molecular formula is C14H17NO3. The molecule has 0 spiro atoms. The van der Waals surface area contributed by atoms with Crippen molar-refractivity contribution < 1.29 is 14.3 Å². The Morgan fingerprint density at radius 1 is 1.22 bits per heavy atom. The third-order valence-electron chi connectivity index (χ3n) is 3.42. The van der Waals surface area contributed by atoms with E-state index in [1.807, 2.05) is 18.1 Å². The Balaban J connectivity index is 2.11. The van der Waals surface area contributed by atoms with Crippen LogP contribution in [-0.2, 0) is 11.3 Å². The molecule has 4 heteroatoms. The topological polar surface area (TPSA) is 30.9 Å². The molecule has 18 heavy (non-hydrogen) atoms. The van der Waals surface area contributed by atoms with Gasteiger partial charge in [-0.1, -0.05) is 0 Å². The number of methoxy groups -OCH3 is 2. The van der Waals surface area contributed by atoms with Crippen LogP contribution >= 0.6 is 0 Å². The second-order valence-electron chi connectivity index (χ2n) is 4.58. The van der Waals surface area contributed by atoms with Crippen molar-refractivity contribution >= 4 is 5.70 Å². The summed E-state index contributed by atoms with van der Waals surface area (Å²) in [6.45, 7) is 2.93. The third-order valence-corrected chi connectivity index (χ3v) is 3.42. The summed E-state index contributed by atoms with van der Waals surface area (Å²) in [5.74, 6) is 1.55. The number of rotatable bonds is 2. The Kier molecular flexibility index (Phi) is 2.67. The molecule has 1 aromatic rings. The molecule has 3 rings (SSSR count). The number of hydrogen-bond acceptors (Lipinski definition) is 4. The van der Waals surface area contributed by atoms with Crippen LogP contribution in [0.5, 0.6) is 11.5 Å². The maximum absolute atomic E-state index is 5.72. The summed E-state index contributed by atoms with van der Waals surface area (Å²) in [6.07, 6.45) is 3.24. The maximum atomic E-state index is 5.72. The minimum Gasteiger partial charge on any atom is -0.493 e. The van der Waals surface area contributed by atoms with Crippen molar-refractivity contribution in [2.45, 2.75) is 19.4 Å². The molecule has 0 amide bonds. The maximum Gasteiger partial charge on any atom is 0.161 e. The minimum absolute atomic E-state index is 0.138. The van der Waals surface area contributed by atoms with E-state index in [9.17, 15) is 0 Å². The standard InChI is InChI=1S/C14H17NO3/c1-9-6-12-11-8-14(17-3)13(16-2)7-10(11)4-5-15(12)18-9/h6-9H,4-5H2,1-3H3. The largest absolute Gasteiger partial charge is 0.493 e. The summed E-state index contributed by atoms with van der Waals surface area (Å²) in [7, 11) is 3.33. The van der Waals surface area contributed by atoms with Crippen molar-refractivity contribution in [2.24, 2.45) is 0 Å². The average molecular weight is 247 g/mol. The fourth-order valence-electron chi connectivity index (χ4n) is 2.58. The third kappa shape index (κ3) is 1.64. The summed E-state index contributed by atoms with van der Waals surface area (Å²) in [4.78, 5) is 5.72. The molecule has 0 radical (unpaired) electrons. The van der Waals surface area contributed by atoms with Gasteiger partial charge in [-0.3, -0.25) is 9.90 Å². The van der Waals surface area contributed by atoms with Gasteiger partial charge in [0, 0.05) is 12.1 Å². The molecule has 0 aliphatic carbocycles. The first-order valence-electron chi connectivity index (χ1n) is 6.14. The van der Waals surface area contributed by atoms with Crippen LogP contribution in [0.25, 0.3) is 5.70 Å². The molecule has 0 saturated carbocycles. The van der Waals surface area contributed by atoms with Gasteiger partial charge in [-0.2, -0.15) is 0 Å². The van der Waals surface area contributed by atoms with Crippen molar-refractivity contribution in [3.8, 4) is 11.5 Å². The highest BCUT2D eigenvalue weighted by Crippen LogP contribution is 2.39. The zero-order valence-corrected chi connectivity index (χ0v) is 10.9. The molecule has 0 bridgehead atoms. The van der Waals surface area contributed by atoms with Gasteiger partial charge in [0.2, 0.25) is 0 Å². The second-order valence-corrected chi connectivity index (χ2v) is 4.58. The minimum atomic E-state index is 0.138. The van der Waals surface area contributed by atoms with Gasteiger partial charge >= 0.3 is 0 Å². The molecule has 2 aliphatic rings. The lowest BCUT2D eigenvalue weighted by Gasteiger charge is -2.28. The first-order chi connectivity index (χ1) is 8.72. The number of hydroxylamine groups is 2. The van der Waals surface area contributed by atoms with E-state index in [-0.39, 0.29) is 6.10 Å². The Morgan fingerprint density at radius 2 is 1.94 bits per heavy atom. The molecule has 4 nitrogen and oxygen atoms in total. The Bertz CT molecular complexity index is 510. The second kappa shape index (κ2) is 4.21. The molecule has 2 aliphatic heterocycles. The van der Waals surface area contributed by atoms with E-state index in [1.165, 1.54) is 11.1 Å². The predicted molar refractivity (Wildman–Crippen MR) is 68.5 cm³/mol. The van der Waals surface area contributed by atoms with Crippen molar-refractivity contribution in [2.75, 3.05) is 20.8 Å². The van der Waals surface area contributed by atoms with Gasteiger partial charge in [0.1, 0.15) is 6.10 Å². The van der Waals surface area contributed by atoms with Crippen LogP contribution in [0.2, 0.25) is 0 Å². The highest BCUT2D eigenvalue weighted by molar-refractivity contribution is 5.72. The highest BCUT2D eigenvalue weighted by Gasteiger charge is 2.29. The van der Waals surface area contributed by atoms with Gasteiger partial charge in [-0.15, -0.1) is 0 Å². The van der Waals surface area contributed by atoms with Crippen molar-refractivity contribution in [1.29, 1.82) is 0 Å². The van der Waals surface area contributed by atoms with Crippen LogP contribution in [0, 0.1) is 0 Å². The lowest BCUT2D eigenvalue weighted by atomic mass is 9.96. The molecular weight excluding hydrogens is 230 g/mol. The number of benzene rings is 1. The Hall–Kier alpha value is -1.68. The van der Waals surface area contributed by atoms with E-state index in [2.05, 4.69) is 12.1 Å². The number of nitrogens with zero attached hydrogens (tertiary/aromatic N) is 1. The normalized spacial score (nSPS) is 21.2. The summed E-state index contributed by atoms with van der Waals surface area (Å²) in [5.41, 5.74) is 3.61. The van der Waals surface area contributed by atoms with E-state index in [1.54, 1.807) is 14.2 Å². The molecule has 0 saturated heterocycles. The van der Waals surface area contributed by atoms with Gasteiger partial charge in [-0.25, -0.2) is 0 Å². The van der Waals surface area contributed by atoms with Crippen LogP contribution in [0.4, 0.5) is 0 Å². The summed E-state index contributed by atoms with van der Waals surface area (Å²) >= 11 is 0. The summed E-state index contributed by atoms with van der Waals surface area (Å²) in [5, 5.41) is 1.97. The van der Waals surface area contributed by atoms with Crippen LogP contribution in [-0.4, -0.2) is 31.9 Å². The van der Waals surface area contributed by atoms with E-state index >= 15 is 0 Å². The first kappa shape index (κ1) is 11.4. The lowest BCUT2D eigenvalue weighted by Crippen LogP contribution is -2.27. The molecule has 1 unspecified atom stereocenters. The van der Waals surface area contributed by atoms with Gasteiger partial charge in [0.15, 0.2) is 11.5 Å². The average Bonchev–Trinajstić information content (AvgIpc) is 2.77. The molecule has 96 valence electrons. The summed E-state index contributed by atoms with van der Waals surface area (Å²) in [6, 6.07) is 4.10. The predicted octanol–water partition coefficient (Wildman–Crippen LogP) is 2.24. The smallest absolute Gasteiger partial charge is 0.161 e. The molecule has 0 fully saturated rings. The van der Waals surface area contributed by atoms with Crippen molar-refractivity contribution in [1.82, 2.24) is 5.06 Å². The van der Waals surface area contributed by atoms with Gasteiger partial charge in [-0.05, 0) is 37.1 Å². The van der Waals surface area contributed by atoms with Gasteiger partial charge in [0.25, 0.3) is 0 Å². The highest BCUT2D eigenvalue weighted by atomic mass is 16.7. The van der Waals surface area contributed by atoms with E-state index in [0.717, 1.165) is 30.2 Å². The number of fused-ring (bicyclic) bond motifs is 3. The fraction of sp³-hybridized carbons (Fsp3) is 0.429. The Labute approximate surface area is 107 Å². The lowest BCUT2D eigenvalue weighted by molar-refractivity contribution is -0.116. The first-order valence-corrected chi connectivity index (χ1v) is 6.14. The number of hydrogen-bond donors (Lipinski definition) is 0. The van der Waals surface area contributed by atoms with Gasteiger partial charge < -0.3 is 9.47 Å². The summed E-state index contributed by atoms with van der Waals surface area (Å²) < 4.78 is 10.7. The zero-order chi connectivity index (χ0) is 12.7. The molecule has 0 N–H and O–H groups in total. The van der Waals surface area contributed by atoms with E-state index < -0.39 is 0 Å². The fourth-order valence-corrected chi connectivity index (χ4v) is 2.58. The SMILES string of the molecule is COc1cc2c(cc1OC)C1=CC(C)ON1CC2. The van der Waals surface area contributed by atoms with Gasteiger partial charge in [0.05, 0.1) is 19.9 Å². The Morgan fingerprint density at radius 3 is 2.67 bits per heavy atom. The van der Waals surface area contributed by atoms with Crippen molar-refractivity contribution in [3.05, 3.63) is 29.3 Å². The monoisotopic (exact) mass is 247 g/mol. The van der Waals surface area contributed by atoms with Crippen LogP contribution in [0.1, 0.15) is 18.1 Å². The van der Waals surface area contributed by atoms with Crippen LogP contribution in [0.3, 0.4) is 0 Å².